The van der Waals surface area contributed by atoms with E-state index in [4.69, 9.17) is 0 Å². The summed E-state index contributed by atoms with van der Waals surface area (Å²) in [5.41, 5.74) is -2.21. The molecule has 0 aliphatic heterocycles. The molecule has 0 spiro atoms. The minimum absolute atomic E-state index is 0.0821. The van der Waals surface area contributed by atoms with Gasteiger partial charge in [-0.15, -0.1) is 0 Å². The molecule has 3 unspecified atom stereocenters. The number of carboxylic acids is 2. The Morgan fingerprint density at radius 1 is 1.11 bits per heavy atom. The lowest BCUT2D eigenvalue weighted by atomic mass is 9.49. The van der Waals surface area contributed by atoms with Crippen molar-refractivity contribution in [2.45, 2.75) is 65.7 Å². The molecule has 1 fully saturated rings. The monoisotopic (exact) mass is 270 g/mol. The molecular weight excluding hydrogens is 244 g/mol. The van der Waals surface area contributed by atoms with Gasteiger partial charge in [0.2, 0.25) is 0 Å². The first-order chi connectivity index (χ1) is 8.89. The van der Waals surface area contributed by atoms with Gasteiger partial charge in [-0.25, -0.2) is 0 Å². The lowest BCUT2D eigenvalue weighted by Gasteiger charge is -2.52. The first-order valence-corrected chi connectivity index (χ1v) is 7.35. The Bertz CT molecular complexity index is 348. The number of hydrogen-bond acceptors (Lipinski definition) is 2. The van der Waals surface area contributed by atoms with Gasteiger partial charge in [0.15, 0.2) is 0 Å². The number of carboxylic acid groups (broad SMARTS) is 2. The van der Waals surface area contributed by atoms with E-state index < -0.39 is 22.8 Å². The van der Waals surface area contributed by atoms with Crippen molar-refractivity contribution in [3.8, 4) is 0 Å². The smallest absolute Gasteiger partial charge is 0.311 e. The van der Waals surface area contributed by atoms with E-state index in [1.807, 2.05) is 20.8 Å². The van der Waals surface area contributed by atoms with Gasteiger partial charge in [0, 0.05) is 0 Å². The van der Waals surface area contributed by atoms with Crippen LogP contribution in [0.3, 0.4) is 0 Å². The summed E-state index contributed by atoms with van der Waals surface area (Å²) in [6.45, 7) is 5.78. The van der Waals surface area contributed by atoms with Crippen molar-refractivity contribution in [2.24, 2.45) is 16.7 Å². The second-order valence-corrected chi connectivity index (χ2v) is 5.96. The fourth-order valence-corrected chi connectivity index (χ4v) is 4.23. The summed E-state index contributed by atoms with van der Waals surface area (Å²) in [5.74, 6) is -1.92. The van der Waals surface area contributed by atoms with Crippen LogP contribution in [0.15, 0.2) is 0 Å². The van der Waals surface area contributed by atoms with Gasteiger partial charge < -0.3 is 10.2 Å². The lowest BCUT2D eigenvalue weighted by Crippen LogP contribution is -2.58. The molecule has 1 rings (SSSR count). The molecule has 0 amide bonds. The largest absolute Gasteiger partial charge is 0.481 e. The maximum absolute atomic E-state index is 12.0. The summed E-state index contributed by atoms with van der Waals surface area (Å²) < 4.78 is 0. The van der Waals surface area contributed by atoms with Crippen molar-refractivity contribution < 1.29 is 19.8 Å². The van der Waals surface area contributed by atoms with E-state index in [9.17, 15) is 19.8 Å². The number of aliphatic carboxylic acids is 2. The quantitative estimate of drug-likeness (QED) is 0.774. The van der Waals surface area contributed by atoms with Crippen molar-refractivity contribution in [3.05, 3.63) is 0 Å². The van der Waals surface area contributed by atoms with Crippen LogP contribution in [-0.2, 0) is 9.59 Å². The molecule has 1 aliphatic rings. The Morgan fingerprint density at radius 3 is 2.11 bits per heavy atom. The minimum atomic E-state index is -1.11. The molecule has 0 bridgehead atoms. The van der Waals surface area contributed by atoms with Gasteiger partial charge in [0.1, 0.15) is 0 Å². The van der Waals surface area contributed by atoms with E-state index in [1.54, 1.807) is 0 Å². The molecule has 0 aromatic heterocycles. The normalized spacial score (nSPS) is 35.0. The highest BCUT2D eigenvalue weighted by molar-refractivity contribution is 5.87. The summed E-state index contributed by atoms with van der Waals surface area (Å²) in [7, 11) is 0. The minimum Gasteiger partial charge on any atom is -0.481 e. The van der Waals surface area contributed by atoms with Gasteiger partial charge in [0.25, 0.3) is 0 Å². The Balaban J connectivity index is 3.43. The van der Waals surface area contributed by atoms with Crippen LogP contribution < -0.4 is 0 Å². The predicted octanol–water partition coefficient (Wildman–Crippen LogP) is 3.55. The SMILES string of the molecule is CCCC1(C(=O)O)CCCC(C)C1(CCC)C(=O)O. The van der Waals surface area contributed by atoms with Crippen LogP contribution in [0.1, 0.15) is 65.7 Å². The summed E-state index contributed by atoms with van der Waals surface area (Å²) >= 11 is 0. The van der Waals surface area contributed by atoms with Crippen molar-refractivity contribution in [2.75, 3.05) is 0 Å². The fraction of sp³-hybridized carbons (Fsp3) is 0.867. The van der Waals surface area contributed by atoms with Gasteiger partial charge in [-0.3, -0.25) is 9.59 Å². The average molecular weight is 270 g/mol. The summed E-state index contributed by atoms with van der Waals surface area (Å²) in [6, 6.07) is 0. The highest BCUT2D eigenvalue weighted by atomic mass is 16.4. The molecule has 0 aromatic rings. The predicted molar refractivity (Wildman–Crippen MR) is 73.0 cm³/mol. The van der Waals surface area contributed by atoms with Crippen molar-refractivity contribution >= 4 is 11.9 Å². The molecular formula is C15H26O4. The number of rotatable bonds is 6. The van der Waals surface area contributed by atoms with Crippen LogP contribution in [0, 0.1) is 16.7 Å². The second-order valence-electron chi connectivity index (χ2n) is 5.96. The van der Waals surface area contributed by atoms with E-state index in [0.717, 1.165) is 12.8 Å². The molecule has 0 saturated heterocycles. The molecule has 110 valence electrons. The van der Waals surface area contributed by atoms with Crippen LogP contribution in [0.5, 0.6) is 0 Å². The lowest BCUT2D eigenvalue weighted by molar-refractivity contribution is -0.189. The summed E-state index contributed by atoms with van der Waals surface area (Å²) in [6.07, 6.45) is 4.44. The molecule has 1 saturated carbocycles. The molecule has 0 radical (unpaired) electrons. The maximum atomic E-state index is 12.0. The number of carbonyl (C=O) groups is 2. The molecule has 0 aromatic carbocycles. The highest BCUT2D eigenvalue weighted by Gasteiger charge is 2.63. The molecule has 4 heteroatoms. The van der Waals surface area contributed by atoms with Crippen molar-refractivity contribution in [1.82, 2.24) is 0 Å². The van der Waals surface area contributed by atoms with Gasteiger partial charge >= 0.3 is 11.9 Å². The third-order valence-corrected chi connectivity index (χ3v) is 5.05. The summed E-state index contributed by atoms with van der Waals surface area (Å²) in [4.78, 5) is 24.0. The van der Waals surface area contributed by atoms with E-state index in [-0.39, 0.29) is 5.92 Å². The standard InChI is InChI=1S/C15H26O4/c1-4-8-14(12(16)17)10-6-7-11(3)15(14,9-5-2)13(18)19/h11H,4-10H2,1-3H3,(H,16,17)(H,18,19). The molecule has 2 N–H and O–H groups in total. The van der Waals surface area contributed by atoms with Crippen LogP contribution in [0.4, 0.5) is 0 Å². The van der Waals surface area contributed by atoms with Crippen molar-refractivity contribution in [1.29, 1.82) is 0 Å². The number of hydrogen-bond donors (Lipinski definition) is 2. The van der Waals surface area contributed by atoms with E-state index in [2.05, 4.69) is 0 Å². The van der Waals surface area contributed by atoms with E-state index in [1.165, 1.54) is 0 Å². The van der Waals surface area contributed by atoms with Crippen LogP contribution in [0.2, 0.25) is 0 Å². The summed E-state index contributed by atoms with van der Waals surface area (Å²) in [5, 5.41) is 19.6. The molecule has 3 atom stereocenters. The van der Waals surface area contributed by atoms with Crippen LogP contribution >= 0.6 is 0 Å². The van der Waals surface area contributed by atoms with Crippen LogP contribution in [0.25, 0.3) is 0 Å². The van der Waals surface area contributed by atoms with Gasteiger partial charge in [-0.05, 0) is 31.6 Å². The molecule has 19 heavy (non-hydrogen) atoms. The zero-order valence-electron chi connectivity index (χ0n) is 12.2. The Kier molecular flexibility index (Phi) is 4.99. The Morgan fingerprint density at radius 2 is 1.68 bits per heavy atom. The third-order valence-electron chi connectivity index (χ3n) is 5.05. The zero-order valence-corrected chi connectivity index (χ0v) is 12.2. The van der Waals surface area contributed by atoms with Gasteiger partial charge in [-0.1, -0.05) is 40.0 Å². The van der Waals surface area contributed by atoms with Gasteiger partial charge in [-0.2, -0.15) is 0 Å². The second kappa shape index (κ2) is 5.93. The first kappa shape index (κ1) is 16.0. The third kappa shape index (κ3) is 2.26. The van der Waals surface area contributed by atoms with E-state index >= 15 is 0 Å². The molecule has 4 nitrogen and oxygen atoms in total. The van der Waals surface area contributed by atoms with Crippen molar-refractivity contribution in [3.63, 3.8) is 0 Å². The first-order valence-electron chi connectivity index (χ1n) is 7.35. The van der Waals surface area contributed by atoms with Crippen LogP contribution in [-0.4, -0.2) is 22.2 Å². The van der Waals surface area contributed by atoms with E-state index in [0.29, 0.717) is 32.1 Å². The molecule has 0 heterocycles. The van der Waals surface area contributed by atoms with Gasteiger partial charge in [0.05, 0.1) is 10.8 Å². The maximum Gasteiger partial charge on any atom is 0.311 e. The Hall–Kier alpha value is -1.06. The highest BCUT2D eigenvalue weighted by Crippen LogP contribution is 2.59. The Labute approximate surface area is 115 Å². The average Bonchev–Trinajstić information content (AvgIpc) is 2.33. The topological polar surface area (TPSA) is 74.6 Å². The fourth-order valence-electron chi connectivity index (χ4n) is 4.23. The zero-order chi connectivity index (χ0) is 14.7. The molecule has 1 aliphatic carbocycles.